The molecule has 0 aliphatic carbocycles. The second-order valence-corrected chi connectivity index (χ2v) is 7.61. The number of nitrogens with zero attached hydrogens (tertiary/aromatic N) is 2. The quantitative estimate of drug-likeness (QED) is 0.461. The molecule has 0 radical (unpaired) electrons. The van der Waals surface area contributed by atoms with E-state index in [0.29, 0.717) is 23.1 Å². The van der Waals surface area contributed by atoms with Crippen LogP contribution in [0.2, 0.25) is 0 Å². The molecule has 0 saturated heterocycles. The average Bonchev–Trinajstić information content (AvgIpc) is 2.79. The van der Waals surface area contributed by atoms with Gasteiger partial charge in [-0.05, 0) is 48.2 Å². The van der Waals surface area contributed by atoms with Crippen LogP contribution in [0, 0.1) is 11.3 Å². The Kier molecular flexibility index (Phi) is 7.48. The fourth-order valence-electron chi connectivity index (χ4n) is 3.40. The van der Waals surface area contributed by atoms with Crippen molar-refractivity contribution < 1.29 is 14.3 Å². The first kappa shape index (κ1) is 22.6. The van der Waals surface area contributed by atoms with Gasteiger partial charge in [-0.3, -0.25) is 4.79 Å². The van der Waals surface area contributed by atoms with Gasteiger partial charge >= 0.3 is 0 Å². The van der Waals surface area contributed by atoms with Crippen molar-refractivity contribution in [1.82, 2.24) is 5.32 Å². The van der Waals surface area contributed by atoms with Crippen molar-refractivity contribution in [3.8, 4) is 17.6 Å². The number of amides is 1. The Labute approximate surface area is 188 Å². The Morgan fingerprint density at radius 3 is 2.52 bits per heavy atom. The molecule has 1 heterocycles. The second-order valence-electron chi connectivity index (χ2n) is 7.19. The van der Waals surface area contributed by atoms with E-state index in [-0.39, 0.29) is 5.57 Å². The van der Waals surface area contributed by atoms with E-state index in [2.05, 4.69) is 31.8 Å². The van der Waals surface area contributed by atoms with Crippen molar-refractivity contribution in [2.45, 2.75) is 39.3 Å². The van der Waals surface area contributed by atoms with Gasteiger partial charge in [-0.15, -0.1) is 12.6 Å². The number of benzene rings is 2. The van der Waals surface area contributed by atoms with Crippen LogP contribution < -0.4 is 19.7 Å². The molecule has 0 bridgehead atoms. The van der Waals surface area contributed by atoms with Gasteiger partial charge in [0.05, 0.1) is 18.7 Å². The number of carbonyl (C=O) groups is 1. The van der Waals surface area contributed by atoms with E-state index >= 15 is 0 Å². The van der Waals surface area contributed by atoms with Crippen LogP contribution in [0.4, 0.5) is 5.69 Å². The maximum Gasteiger partial charge on any atom is 0.266 e. The summed E-state index contributed by atoms with van der Waals surface area (Å²) in [6.45, 7) is 4.81. The third-order valence-electron chi connectivity index (χ3n) is 5.20. The fraction of sp³-hybridized carbons (Fsp3) is 0.333. The van der Waals surface area contributed by atoms with Gasteiger partial charge in [-0.25, -0.2) is 0 Å². The zero-order valence-corrected chi connectivity index (χ0v) is 18.9. The number of hydrogen-bond acceptors (Lipinski definition) is 6. The molecule has 2 aromatic carbocycles. The Morgan fingerprint density at radius 1 is 1.16 bits per heavy atom. The molecule has 1 atom stereocenters. The minimum absolute atomic E-state index is 0.0226. The van der Waals surface area contributed by atoms with E-state index in [9.17, 15) is 10.1 Å². The number of carbonyl (C=O) groups excluding carboxylic acids is 1. The summed E-state index contributed by atoms with van der Waals surface area (Å²) in [7, 11) is 1.59. The predicted molar refractivity (Wildman–Crippen MR) is 124 cm³/mol. The minimum atomic E-state index is -0.553. The lowest BCUT2D eigenvalue weighted by Gasteiger charge is -2.38. The van der Waals surface area contributed by atoms with Crippen LogP contribution >= 0.6 is 12.6 Å². The molecule has 0 fully saturated rings. The van der Waals surface area contributed by atoms with Crippen molar-refractivity contribution in [3.05, 3.63) is 64.2 Å². The summed E-state index contributed by atoms with van der Waals surface area (Å²) in [6.07, 6.45) is 2.36. The lowest BCUT2D eigenvalue weighted by molar-refractivity contribution is -0.118. The number of unbranched alkanes of at least 4 members (excludes halogenated alkanes) is 1. The van der Waals surface area contributed by atoms with Gasteiger partial charge in [0.2, 0.25) is 0 Å². The molecule has 6 nitrogen and oxygen atoms in total. The summed E-state index contributed by atoms with van der Waals surface area (Å²) in [6, 6.07) is 15.5. The first-order valence-electron chi connectivity index (χ1n) is 10.4. The number of methoxy groups -OCH3 is 1. The van der Waals surface area contributed by atoms with E-state index in [1.54, 1.807) is 7.11 Å². The van der Waals surface area contributed by atoms with Crippen LogP contribution in [0.5, 0.6) is 11.5 Å². The molecule has 1 N–H and O–H groups in total. The number of nitrogens with one attached hydrogen (secondary N) is 1. The number of nitriles is 1. The van der Waals surface area contributed by atoms with Gasteiger partial charge in [0.1, 0.15) is 17.8 Å². The molecule has 1 amide bonds. The molecule has 1 unspecified atom stereocenters. The normalized spacial score (nSPS) is 16.0. The second kappa shape index (κ2) is 10.3. The third-order valence-corrected chi connectivity index (χ3v) is 5.64. The summed E-state index contributed by atoms with van der Waals surface area (Å²) < 4.78 is 11.4. The molecular weight excluding hydrogens is 410 g/mol. The number of hydrogen-bond donors (Lipinski definition) is 2. The van der Waals surface area contributed by atoms with Crippen LogP contribution in [0.1, 0.15) is 44.0 Å². The highest BCUT2D eigenvalue weighted by molar-refractivity contribution is 7.84. The standard InChI is InChI=1S/C24H27N3O3S/c1-4-6-13-30-20-12-9-17(14-21(20)29-3)22-26-23(28)19(15-25)24(31)27(22)18-10-7-16(5-2)8-11-18/h7-12,14,22,31H,4-6,13H2,1-3H3,(H,26,28). The highest BCUT2D eigenvalue weighted by atomic mass is 32.1. The van der Waals surface area contributed by atoms with Gasteiger partial charge in [-0.2, -0.15) is 5.26 Å². The first-order valence-corrected chi connectivity index (χ1v) is 10.8. The number of anilines is 1. The van der Waals surface area contributed by atoms with E-state index < -0.39 is 12.1 Å². The molecule has 0 spiro atoms. The van der Waals surface area contributed by atoms with Crippen molar-refractivity contribution >= 4 is 24.2 Å². The number of aryl methyl sites for hydroxylation is 1. The van der Waals surface area contributed by atoms with Crippen molar-refractivity contribution in [1.29, 1.82) is 5.26 Å². The maximum atomic E-state index is 12.6. The summed E-state index contributed by atoms with van der Waals surface area (Å²) in [5, 5.41) is 12.7. The van der Waals surface area contributed by atoms with Crippen LogP contribution in [0.3, 0.4) is 0 Å². The monoisotopic (exact) mass is 437 g/mol. The van der Waals surface area contributed by atoms with Gasteiger partial charge in [-0.1, -0.05) is 38.5 Å². The fourth-order valence-corrected chi connectivity index (χ4v) is 3.78. The van der Waals surface area contributed by atoms with Gasteiger partial charge in [0.15, 0.2) is 11.5 Å². The lowest BCUT2D eigenvalue weighted by Crippen LogP contribution is -2.46. The number of rotatable bonds is 8. The Bertz CT molecular complexity index is 1010. The van der Waals surface area contributed by atoms with Crippen LogP contribution in [0.25, 0.3) is 0 Å². The topological polar surface area (TPSA) is 74.6 Å². The summed E-state index contributed by atoms with van der Waals surface area (Å²) in [5.74, 6) is 0.779. The number of thiol groups is 1. The SMILES string of the molecule is CCCCOc1ccc(C2NC(=O)C(C#N)=C(S)N2c2ccc(CC)cc2)cc1OC. The molecule has 2 aromatic rings. The van der Waals surface area contributed by atoms with Crippen molar-refractivity contribution in [3.63, 3.8) is 0 Å². The molecular formula is C24H27N3O3S. The van der Waals surface area contributed by atoms with Crippen LogP contribution in [-0.2, 0) is 11.2 Å². The van der Waals surface area contributed by atoms with E-state index in [0.717, 1.165) is 30.5 Å². The van der Waals surface area contributed by atoms with Crippen molar-refractivity contribution in [2.75, 3.05) is 18.6 Å². The van der Waals surface area contributed by atoms with Crippen LogP contribution in [-0.4, -0.2) is 19.6 Å². The zero-order chi connectivity index (χ0) is 22.4. The minimum Gasteiger partial charge on any atom is -0.493 e. The third kappa shape index (κ3) is 4.80. The Hall–Kier alpha value is -3.11. The van der Waals surface area contributed by atoms with E-state index in [4.69, 9.17) is 9.47 Å². The van der Waals surface area contributed by atoms with Gasteiger partial charge in [0.25, 0.3) is 5.91 Å². The Balaban J connectivity index is 2.03. The zero-order valence-electron chi connectivity index (χ0n) is 18.0. The molecule has 3 rings (SSSR count). The lowest BCUT2D eigenvalue weighted by atomic mass is 10.1. The molecule has 7 heteroatoms. The van der Waals surface area contributed by atoms with Crippen LogP contribution in [0.15, 0.2) is 53.1 Å². The highest BCUT2D eigenvalue weighted by Crippen LogP contribution is 2.38. The van der Waals surface area contributed by atoms with E-state index in [1.165, 1.54) is 5.56 Å². The molecule has 0 saturated carbocycles. The largest absolute Gasteiger partial charge is 0.493 e. The highest BCUT2D eigenvalue weighted by Gasteiger charge is 2.34. The van der Waals surface area contributed by atoms with Crippen molar-refractivity contribution in [2.24, 2.45) is 0 Å². The molecule has 0 aromatic heterocycles. The van der Waals surface area contributed by atoms with Gasteiger partial charge < -0.3 is 19.7 Å². The molecule has 31 heavy (non-hydrogen) atoms. The number of ether oxygens (including phenoxy) is 2. The predicted octanol–water partition coefficient (Wildman–Crippen LogP) is 4.74. The molecule has 1 aliphatic rings. The maximum absolute atomic E-state index is 12.6. The molecule has 1 aliphatic heterocycles. The average molecular weight is 438 g/mol. The summed E-state index contributed by atoms with van der Waals surface area (Å²) >= 11 is 4.55. The van der Waals surface area contributed by atoms with E-state index in [1.807, 2.05) is 53.4 Å². The summed E-state index contributed by atoms with van der Waals surface area (Å²) in [5.41, 5.74) is 2.78. The smallest absolute Gasteiger partial charge is 0.266 e. The van der Waals surface area contributed by atoms with Gasteiger partial charge in [0, 0.05) is 5.69 Å². The molecule has 162 valence electrons. The summed E-state index contributed by atoms with van der Waals surface area (Å²) in [4.78, 5) is 14.4. The first-order chi connectivity index (χ1) is 15.0. The Morgan fingerprint density at radius 2 is 1.90 bits per heavy atom.